The first-order valence-electron chi connectivity index (χ1n) is 10.9. The number of carbonyl (C=O) groups excluding carboxylic acids is 2. The fourth-order valence-corrected chi connectivity index (χ4v) is 4.31. The lowest BCUT2D eigenvalue weighted by molar-refractivity contribution is -0.115. The number of hydrogen-bond donors (Lipinski definition) is 2. The number of carbonyl (C=O) groups is 2. The summed E-state index contributed by atoms with van der Waals surface area (Å²) < 4.78 is 0. The van der Waals surface area contributed by atoms with Gasteiger partial charge >= 0.3 is 0 Å². The molecule has 3 aromatic rings. The van der Waals surface area contributed by atoms with Gasteiger partial charge in [0, 0.05) is 21.8 Å². The second kappa shape index (κ2) is 11.0. The third-order valence-electron chi connectivity index (χ3n) is 5.16. The highest BCUT2D eigenvalue weighted by Gasteiger charge is 2.18. The third-order valence-corrected chi connectivity index (χ3v) is 6.52. The molecule has 0 aliphatic rings. The number of amides is 2. The first-order valence-corrected chi connectivity index (χ1v) is 11.8. The molecule has 0 aliphatic carbocycles. The first-order chi connectivity index (χ1) is 15.4. The Morgan fingerprint density at radius 2 is 1.59 bits per heavy atom. The summed E-state index contributed by atoms with van der Waals surface area (Å²) in [4.78, 5) is 26.3. The van der Waals surface area contributed by atoms with Gasteiger partial charge in [0.05, 0.1) is 5.25 Å². The molecule has 0 bridgehead atoms. The third kappa shape index (κ3) is 6.47. The van der Waals surface area contributed by atoms with Crippen LogP contribution in [0.1, 0.15) is 54.6 Å². The van der Waals surface area contributed by atoms with E-state index in [-0.39, 0.29) is 17.1 Å². The van der Waals surface area contributed by atoms with E-state index >= 15 is 0 Å². The smallest absolute Gasteiger partial charge is 0.255 e. The molecule has 0 aromatic heterocycles. The molecule has 0 saturated heterocycles. The van der Waals surface area contributed by atoms with Crippen LogP contribution in [0.3, 0.4) is 0 Å². The van der Waals surface area contributed by atoms with E-state index < -0.39 is 0 Å². The molecule has 0 heterocycles. The van der Waals surface area contributed by atoms with Gasteiger partial charge in [-0.25, -0.2) is 0 Å². The van der Waals surface area contributed by atoms with E-state index in [1.165, 1.54) is 17.3 Å². The molecule has 3 rings (SSSR count). The largest absolute Gasteiger partial charge is 0.325 e. The summed E-state index contributed by atoms with van der Waals surface area (Å²) in [7, 11) is 0. The van der Waals surface area contributed by atoms with Gasteiger partial charge in [-0.15, -0.1) is 11.8 Å². The van der Waals surface area contributed by atoms with Gasteiger partial charge in [0.25, 0.3) is 5.91 Å². The van der Waals surface area contributed by atoms with Gasteiger partial charge in [0.1, 0.15) is 0 Å². The minimum Gasteiger partial charge on any atom is -0.325 e. The van der Waals surface area contributed by atoms with Gasteiger partial charge in [0.2, 0.25) is 5.91 Å². The summed E-state index contributed by atoms with van der Waals surface area (Å²) in [5.41, 5.74) is 4.42. The van der Waals surface area contributed by atoms with E-state index in [0.717, 1.165) is 16.1 Å². The van der Waals surface area contributed by atoms with Crippen LogP contribution in [0.15, 0.2) is 77.7 Å². The van der Waals surface area contributed by atoms with Gasteiger partial charge in [-0.1, -0.05) is 56.7 Å². The number of hydrogen-bond acceptors (Lipinski definition) is 3. The van der Waals surface area contributed by atoms with Crippen molar-refractivity contribution in [2.75, 3.05) is 10.6 Å². The summed E-state index contributed by atoms with van der Waals surface area (Å²) in [5, 5.41) is 5.74. The van der Waals surface area contributed by atoms with Crippen molar-refractivity contribution in [1.29, 1.82) is 0 Å². The maximum atomic E-state index is 12.8. The van der Waals surface area contributed by atoms with Crippen molar-refractivity contribution in [2.24, 2.45) is 0 Å². The SMILES string of the molecule is CCC(Sc1cccc(NC(=O)c2cccc(C)c2)c1)C(=O)Nc1ccc(C(C)C)cc1. The zero-order valence-electron chi connectivity index (χ0n) is 19.0. The van der Waals surface area contributed by atoms with Crippen LogP contribution in [0.4, 0.5) is 11.4 Å². The molecule has 1 atom stereocenters. The summed E-state index contributed by atoms with van der Waals surface area (Å²) in [6, 6.07) is 23.1. The normalized spacial score (nSPS) is 11.8. The van der Waals surface area contributed by atoms with Gasteiger partial charge in [-0.05, 0) is 67.3 Å². The Kier molecular flexibility index (Phi) is 8.12. The Morgan fingerprint density at radius 3 is 2.25 bits per heavy atom. The fraction of sp³-hybridized carbons (Fsp3) is 0.259. The first kappa shape index (κ1) is 23.6. The van der Waals surface area contributed by atoms with Crippen molar-refractivity contribution >= 4 is 35.0 Å². The average molecular weight is 447 g/mol. The molecule has 2 N–H and O–H groups in total. The van der Waals surface area contributed by atoms with E-state index in [1.54, 1.807) is 6.07 Å². The standard InChI is InChI=1S/C27H30N2O2S/c1-5-25(27(31)28-22-14-12-20(13-15-22)18(2)3)32-24-11-7-10-23(17-24)29-26(30)21-9-6-8-19(4)16-21/h6-18,25H,5H2,1-4H3,(H,28,31)(H,29,30). The molecule has 5 heteroatoms. The highest BCUT2D eigenvalue weighted by molar-refractivity contribution is 8.00. The minimum absolute atomic E-state index is 0.0241. The van der Waals surface area contributed by atoms with Crippen molar-refractivity contribution in [1.82, 2.24) is 0 Å². The Bertz CT molecular complexity index is 1080. The number of benzene rings is 3. The summed E-state index contributed by atoms with van der Waals surface area (Å²) in [6.07, 6.45) is 0.695. The van der Waals surface area contributed by atoms with Crippen LogP contribution in [0.25, 0.3) is 0 Å². The molecule has 0 radical (unpaired) electrons. The number of thioether (sulfide) groups is 1. The summed E-state index contributed by atoms with van der Waals surface area (Å²) >= 11 is 1.50. The quantitative estimate of drug-likeness (QED) is 0.371. The van der Waals surface area contributed by atoms with E-state index in [4.69, 9.17) is 0 Å². The van der Waals surface area contributed by atoms with Crippen LogP contribution < -0.4 is 10.6 Å². The van der Waals surface area contributed by atoms with E-state index in [1.807, 2.05) is 68.4 Å². The summed E-state index contributed by atoms with van der Waals surface area (Å²) in [6.45, 7) is 8.26. The van der Waals surface area contributed by atoms with E-state index in [2.05, 4.69) is 36.6 Å². The second-order valence-electron chi connectivity index (χ2n) is 8.13. The predicted molar refractivity (Wildman–Crippen MR) is 135 cm³/mol. The lowest BCUT2D eigenvalue weighted by Crippen LogP contribution is -2.24. The Morgan fingerprint density at radius 1 is 0.875 bits per heavy atom. The lowest BCUT2D eigenvalue weighted by Gasteiger charge is -2.16. The van der Waals surface area contributed by atoms with Gasteiger partial charge in [-0.3, -0.25) is 9.59 Å². The second-order valence-corrected chi connectivity index (χ2v) is 9.41. The van der Waals surface area contributed by atoms with E-state index in [9.17, 15) is 9.59 Å². The van der Waals surface area contributed by atoms with Crippen LogP contribution in [-0.2, 0) is 4.79 Å². The topological polar surface area (TPSA) is 58.2 Å². The van der Waals surface area contributed by atoms with Crippen LogP contribution in [0, 0.1) is 6.92 Å². The van der Waals surface area contributed by atoms with Gasteiger partial charge in [0.15, 0.2) is 0 Å². The molecule has 0 aliphatic heterocycles. The molecule has 0 spiro atoms. The number of nitrogens with one attached hydrogen (secondary N) is 2. The monoisotopic (exact) mass is 446 g/mol. The Hall–Kier alpha value is -3.05. The van der Waals surface area contributed by atoms with Crippen LogP contribution >= 0.6 is 11.8 Å². The minimum atomic E-state index is -0.234. The zero-order valence-corrected chi connectivity index (χ0v) is 19.8. The van der Waals surface area contributed by atoms with Crippen molar-refractivity contribution in [3.05, 3.63) is 89.5 Å². The van der Waals surface area contributed by atoms with Gasteiger partial charge < -0.3 is 10.6 Å². The van der Waals surface area contributed by atoms with Crippen molar-refractivity contribution in [3.8, 4) is 0 Å². The fourth-order valence-electron chi connectivity index (χ4n) is 3.30. The van der Waals surface area contributed by atoms with Crippen LogP contribution in [-0.4, -0.2) is 17.1 Å². The maximum Gasteiger partial charge on any atom is 0.255 e. The van der Waals surface area contributed by atoms with E-state index in [0.29, 0.717) is 23.6 Å². The van der Waals surface area contributed by atoms with Crippen molar-refractivity contribution < 1.29 is 9.59 Å². The predicted octanol–water partition coefficient (Wildman–Crippen LogP) is 6.88. The zero-order chi connectivity index (χ0) is 23.1. The summed E-state index contributed by atoms with van der Waals surface area (Å²) in [5.74, 6) is 0.284. The van der Waals surface area contributed by atoms with Crippen molar-refractivity contribution in [2.45, 2.75) is 50.2 Å². The average Bonchev–Trinajstić information content (AvgIpc) is 2.78. The molecule has 4 nitrogen and oxygen atoms in total. The molecule has 166 valence electrons. The molecule has 0 fully saturated rings. The number of rotatable bonds is 8. The Balaban J connectivity index is 1.64. The molecular formula is C27H30N2O2S. The van der Waals surface area contributed by atoms with Crippen molar-refractivity contribution in [3.63, 3.8) is 0 Å². The van der Waals surface area contributed by atoms with Crippen LogP contribution in [0.2, 0.25) is 0 Å². The molecule has 2 amide bonds. The highest BCUT2D eigenvalue weighted by Crippen LogP contribution is 2.29. The number of anilines is 2. The molecular weight excluding hydrogens is 416 g/mol. The molecule has 32 heavy (non-hydrogen) atoms. The molecule has 0 saturated carbocycles. The molecule has 1 unspecified atom stereocenters. The number of aryl methyl sites for hydroxylation is 1. The molecule has 3 aromatic carbocycles. The maximum absolute atomic E-state index is 12.8. The van der Waals surface area contributed by atoms with Crippen LogP contribution in [0.5, 0.6) is 0 Å². The highest BCUT2D eigenvalue weighted by atomic mass is 32.2. The Labute approximate surface area is 194 Å². The van der Waals surface area contributed by atoms with Gasteiger partial charge in [-0.2, -0.15) is 0 Å². The lowest BCUT2D eigenvalue weighted by atomic mass is 10.0.